The Morgan fingerprint density at radius 2 is 1.93 bits per heavy atom. The third-order valence-corrected chi connectivity index (χ3v) is 4.64. The van der Waals surface area contributed by atoms with Gasteiger partial charge in [0.15, 0.2) is 5.82 Å². The van der Waals surface area contributed by atoms with Crippen molar-refractivity contribution in [2.45, 2.75) is 20.3 Å². The van der Waals surface area contributed by atoms with E-state index in [1.807, 2.05) is 44.3 Å². The van der Waals surface area contributed by atoms with Crippen LogP contribution in [0.3, 0.4) is 0 Å². The summed E-state index contributed by atoms with van der Waals surface area (Å²) in [5.41, 5.74) is 4.82. The Hall–Kier alpha value is -4.03. The molecule has 4 rings (SSSR count). The summed E-state index contributed by atoms with van der Waals surface area (Å²) in [6, 6.07) is 11.3. The molecule has 0 fully saturated rings. The predicted molar refractivity (Wildman–Crippen MR) is 111 cm³/mol. The minimum atomic E-state index is -0.0341. The summed E-state index contributed by atoms with van der Waals surface area (Å²) >= 11 is 0. The lowest BCUT2D eigenvalue weighted by atomic mass is 10.1. The molecule has 3 heterocycles. The van der Waals surface area contributed by atoms with Gasteiger partial charge < -0.3 is 10.4 Å². The number of nitrogens with zero attached hydrogens (tertiary/aromatic N) is 7. The fourth-order valence-corrected chi connectivity index (χ4v) is 3.24. The highest BCUT2D eigenvalue weighted by atomic mass is 16.3. The third-order valence-electron chi connectivity index (χ3n) is 4.64. The summed E-state index contributed by atoms with van der Waals surface area (Å²) in [4.78, 5) is 6.10. The standard InChI is InChI=1S/C21H20N8O/c1-14-11-16(13-22)3-4-18(14)26-21-17(6-10-30)19(12-15(2)25-21)28-9-5-20(27-28)29-23-7-8-24-29/h3-5,7-9,11-12,30H,6,10H2,1-2H3,(H,25,26). The molecule has 0 radical (unpaired) electrons. The molecule has 0 spiro atoms. The molecule has 0 bridgehead atoms. The quantitative estimate of drug-likeness (QED) is 0.511. The van der Waals surface area contributed by atoms with Gasteiger partial charge in [-0.2, -0.15) is 15.5 Å². The number of anilines is 2. The second-order valence-corrected chi connectivity index (χ2v) is 6.79. The van der Waals surface area contributed by atoms with Crippen LogP contribution in [0.25, 0.3) is 11.5 Å². The minimum absolute atomic E-state index is 0.0341. The summed E-state index contributed by atoms with van der Waals surface area (Å²) in [5, 5.41) is 34.9. The molecule has 0 aliphatic carbocycles. The SMILES string of the molecule is Cc1cc(-n2ccc(-n3nccn3)n2)c(CCO)c(Nc2ccc(C#N)cc2C)n1. The monoisotopic (exact) mass is 400 g/mol. The van der Waals surface area contributed by atoms with Crippen molar-refractivity contribution in [3.05, 3.63) is 71.3 Å². The number of benzene rings is 1. The van der Waals surface area contributed by atoms with Gasteiger partial charge in [0.25, 0.3) is 0 Å². The normalized spacial score (nSPS) is 10.7. The van der Waals surface area contributed by atoms with E-state index in [2.05, 4.69) is 31.7 Å². The second kappa shape index (κ2) is 8.14. The van der Waals surface area contributed by atoms with E-state index in [-0.39, 0.29) is 6.61 Å². The van der Waals surface area contributed by atoms with Crippen molar-refractivity contribution in [2.75, 3.05) is 11.9 Å². The van der Waals surface area contributed by atoms with Gasteiger partial charge in [-0.15, -0.1) is 9.90 Å². The van der Waals surface area contributed by atoms with E-state index in [9.17, 15) is 5.11 Å². The summed E-state index contributed by atoms with van der Waals surface area (Å²) < 4.78 is 1.73. The van der Waals surface area contributed by atoms with Gasteiger partial charge in [-0.05, 0) is 43.7 Å². The Labute approximate surface area is 173 Å². The maximum absolute atomic E-state index is 9.68. The van der Waals surface area contributed by atoms with Crippen LogP contribution in [0.1, 0.15) is 22.4 Å². The zero-order valence-corrected chi connectivity index (χ0v) is 16.6. The third kappa shape index (κ3) is 3.76. The molecule has 9 nitrogen and oxygen atoms in total. The molecule has 0 saturated carbocycles. The van der Waals surface area contributed by atoms with E-state index in [0.29, 0.717) is 23.6 Å². The number of nitrogens with one attached hydrogen (secondary N) is 1. The molecule has 0 aliphatic heterocycles. The number of hydrogen-bond donors (Lipinski definition) is 2. The Balaban J connectivity index is 1.77. The largest absolute Gasteiger partial charge is 0.396 e. The first-order chi connectivity index (χ1) is 14.6. The predicted octanol–water partition coefficient (Wildman–Crippen LogP) is 2.61. The van der Waals surface area contributed by atoms with Crippen molar-refractivity contribution in [3.8, 4) is 17.6 Å². The van der Waals surface area contributed by atoms with Gasteiger partial charge in [0.1, 0.15) is 5.82 Å². The van der Waals surface area contributed by atoms with Crippen LogP contribution >= 0.6 is 0 Å². The fourth-order valence-electron chi connectivity index (χ4n) is 3.24. The van der Waals surface area contributed by atoms with Crippen LogP contribution in [-0.2, 0) is 6.42 Å². The van der Waals surface area contributed by atoms with Crippen LogP contribution in [0.15, 0.2) is 48.9 Å². The molecule has 2 N–H and O–H groups in total. The molecule has 0 atom stereocenters. The van der Waals surface area contributed by atoms with Gasteiger partial charge in [0.05, 0.1) is 29.7 Å². The van der Waals surface area contributed by atoms with Crippen molar-refractivity contribution < 1.29 is 5.11 Å². The number of aryl methyl sites for hydroxylation is 2. The molecule has 3 aromatic heterocycles. The molecule has 9 heteroatoms. The van der Waals surface area contributed by atoms with Crippen molar-refractivity contribution in [1.29, 1.82) is 5.26 Å². The number of rotatable bonds is 6. The van der Waals surface area contributed by atoms with Crippen molar-refractivity contribution >= 4 is 11.5 Å². The molecule has 150 valence electrons. The maximum Gasteiger partial charge on any atom is 0.196 e. The van der Waals surface area contributed by atoms with E-state index in [1.54, 1.807) is 23.1 Å². The number of pyridine rings is 1. The van der Waals surface area contributed by atoms with Gasteiger partial charge in [0, 0.05) is 42.2 Å². The molecule has 1 aromatic carbocycles. The average molecular weight is 400 g/mol. The van der Waals surface area contributed by atoms with Crippen LogP contribution < -0.4 is 5.32 Å². The Morgan fingerprint density at radius 3 is 2.63 bits per heavy atom. The highest BCUT2D eigenvalue weighted by Gasteiger charge is 2.16. The Kier molecular flexibility index (Phi) is 5.24. The lowest BCUT2D eigenvalue weighted by Crippen LogP contribution is -2.10. The molecule has 0 amide bonds. The smallest absolute Gasteiger partial charge is 0.196 e. The van der Waals surface area contributed by atoms with Gasteiger partial charge in [-0.1, -0.05) is 0 Å². The summed E-state index contributed by atoms with van der Waals surface area (Å²) in [7, 11) is 0. The Bertz CT molecular complexity index is 1220. The van der Waals surface area contributed by atoms with Crippen LogP contribution in [-0.4, -0.2) is 41.5 Å². The van der Waals surface area contributed by atoms with E-state index >= 15 is 0 Å². The number of nitriles is 1. The first kappa shape index (κ1) is 19.3. The highest BCUT2D eigenvalue weighted by molar-refractivity contribution is 5.67. The fraction of sp³-hybridized carbons (Fsp3) is 0.190. The van der Waals surface area contributed by atoms with Crippen molar-refractivity contribution in [3.63, 3.8) is 0 Å². The Morgan fingerprint density at radius 1 is 1.13 bits per heavy atom. The highest BCUT2D eigenvalue weighted by Crippen LogP contribution is 2.28. The zero-order chi connectivity index (χ0) is 21.1. The van der Waals surface area contributed by atoms with Gasteiger partial charge in [0.2, 0.25) is 0 Å². The second-order valence-electron chi connectivity index (χ2n) is 6.79. The van der Waals surface area contributed by atoms with Gasteiger partial charge >= 0.3 is 0 Å². The molecule has 0 aliphatic rings. The van der Waals surface area contributed by atoms with E-state index in [1.165, 1.54) is 4.80 Å². The molecule has 0 saturated heterocycles. The summed E-state index contributed by atoms with van der Waals surface area (Å²) in [5.74, 6) is 1.22. The van der Waals surface area contributed by atoms with Gasteiger partial charge in [-0.3, -0.25) is 0 Å². The summed E-state index contributed by atoms with van der Waals surface area (Å²) in [6.07, 6.45) is 5.41. The van der Waals surface area contributed by atoms with E-state index < -0.39 is 0 Å². The zero-order valence-electron chi connectivity index (χ0n) is 16.6. The topological polar surface area (TPSA) is 117 Å². The number of hydrogen-bond acceptors (Lipinski definition) is 7. The first-order valence-corrected chi connectivity index (χ1v) is 9.41. The van der Waals surface area contributed by atoms with Crippen LogP contribution in [0.5, 0.6) is 0 Å². The van der Waals surface area contributed by atoms with Crippen molar-refractivity contribution in [1.82, 2.24) is 29.8 Å². The first-order valence-electron chi connectivity index (χ1n) is 9.41. The van der Waals surface area contributed by atoms with Crippen LogP contribution in [0, 0.1) is 25.2 Å². The molecular formula is C21H20N8O. The number of aliphatic hydroxyl groups is 1. The summed E-state index contributed by atoms with van der Waals surface area (Å²) in [6.45, 7) is 3.80. The minimum Gasteiger partial charge on any atom is -0.396 e. The number of aliphatic hydroxyl groups excluding tert-OH is 1. The lowest BCUT2D eigenvalue weighted by molar-refractivity contribution is 0.299. The molecule has 0 unspecified atom stereocenters. The molecular weight excluding hydrogens is 380 g/mol. The van der Waals surface area contributed by atoms with Crippen LogP contribution in [0.2, 0.25) is 0 Å². The van der Waals surface area contributed by atoms with E-state index in [4.69, 9.17) is 5.26 Å². The van der Waals surface area contributed by atoms with Crippen molar-refractivity contribution in [2.24, 2.45) is 0 Å². The molecule has 30 heavy (non-hydrogen) atoms. The number of aromatic nitrogens is 6. The molecule has 4 aromatic rings. The average Bonchev–Trinajstić information content (AvgIpc) is 3.43. The van der Waals surface area contributed by atoms with Gasteiger partial charge in [-0.25, -0.2) is 9.67 Å². The maximum atomic E-state index is 9.68. The van der Waals surface area contributed by atoms with Crippen LogP contribution in [0.4, 0.5) is 11.5 Å². The van der Waals surface area contributed by atoms with E-state index in [0.717, 1.165) is 28.2 Å². The lowest BCUT2D eigenvalue weighted by Gasteiger charge is -2.17.